The number of para-hydroxylation sites is 1. The molecule has 0 spiro atoms. The SMILES string of the molecule is C=C=C(N=C(/C=C\C=C\N)n1nc(Nc2ccc(N)c(C=N)c2)c2ccccc21)/C(C)=C/CC.C=CC. The maximum atomic E-state index is 7.57. The number of hydrogen-bond acceptors (Lipinski definition) is 6. The van der Waals surface area contributed by atoms with Crippen molar-refractivity contribution in [2.24, 2.45) is 10.7 Å². The lowest BCUT2D eigenvalue weighted by molar-refractivity contribution is 0.967. The lowest BCUT2D eigenvalue weighted by atomic mass is 10.1. The summed E-state index contributed by atoms with van der Waals surface area (Å²) in [4.78, 5) is 4.82. The summed E-state index contributed by atoms with van der Waals surface area (Å²) in [6.07, 6.45) is 12.8. The van der Waals surface area contributed by atoms with Crippen molar-refractivity contribution in [1.82, 2.24) is 9.78 Å². The Morgan fingerprint density at radius 2 is 1.97 bits per heavy atom. The zero-order valence-corrected chi connectivity index (χ0v) is 21.7. The Kier molecular flexibility index (Phi) is 11.1. The molecule has 3 rings (SSSR count). The highest BCUT2D eigenvalue weighted by Gasteiger charge is 2.14. The van der Waals surface area contributed by atoms with Gasteiger partial charge < -0.3 is 22.2 Å². The number of fused-ring (bicyclic) bond motifs is 1. The molecule has 0 aliphatic carbocycles. The Balaban J connectivity index is 0.00000153. The molecule has 0 atom stereocenters. The fourth-order valence-corrected chi connectivity index (χ4v) is 3.39. The quantitative estimate of drug-likeness (QED) is 0.0685. The molecular formula is C30H35N7. The number of aromatic nitrogens is 2. The second-order valence-corrected chi connectivity index (χ2v) is 7.83. The largest absolute Gasteiger partial charge is 0.405 e. The summed E-state index contributed by atoms with van der Waals surface area (Å²) in [7, 11) is 0. The van der Waals surface area contributed by atoms with Crippen LogP contribution in [0.25, 0.3) is 10.9 Å². The third-order valence-corrected chi connectivity index (χ3v) is 5.05. The highest BCUT2D eigenvalue weighted by Crippen LogP contribution is 2.27. The van der Waals surface area contributed by atoms with E-state index < -0.39 is 0 Å². The van der Waals surface area contributed by atoms with Crippen molar-refractivity contribution < 1.29 is 0 Å². The summed E-state index contributed by atoms with van der Waals surface area (Å²) in [6.45, 7) is 13.1. The second-order valence-electron chi connectivity index (χ2n) is 7.83. The molecule has 2 aromatic carbocycles. The number of aliphatic imine (C=N–C) groups is 1. The molecule has 190 valence electrons. The van der Waals surface area contributed by atoms with Gasteiger partial charge in [-0.05, 0) is 74.5 Å². The molecule has 0 unspecified atom stereocenters. The predicted molar refractivity (Wildman–Crippen MR) is 160 cm³/mol. The van der Waals surface area contributed by atoms with E-state index >= 15 is 0 Å². The highest BCUT2D eigenvalue weighted by molar-refractivity contribution is 6.04. The molecular weight excluding hydrogens is 458 g/mol. The molecule has 1 aromatic heterocycles. The van der Waals surface area contributed by atoms with Crippen molar-refractivity contribution in [2.75, 3.05) is 11.1 Å². The number of nitrogen functional groups attached to an aromatic ring is 1. The molecule has 0 aliphatic rings. The first-order valence-electron chi connectivity index (χ1n) is 11.9. The predicted octanol–water partition coefficient (Wildman–Crippen LogP) is 6.85. The van der Waals surface area contributed by atoms with Crippen LogP contribution in [0.4, 0.5) is 17.2 Å². The zero-order chi connectivity index (χ0) is 27.2. The van der Waals surface area contributed by atoms with Crippen molar-refractivity contribution in [2.45, 2.75) is 27.2 Å². The molecule has 0 aliphatic heterocycles. The van der Waals surface area contributed by atoms with E-state index in [1.165, 1.54) is 12.4 Å². The Morgan fingerprint density at radius 3 is 2.62 bits per heavy atom. The van der Waals surface area contributed by atoms with Gasteiger partial charge in [-0.1, -0.05) is 43.9 Å². The minimum atomic E-state index is 0.544. The number of nitrogens with zero attached hydrogens (tertiary/aromatic N) is 3. The molecule has 0 saturated carbocycles. The number of anilines is 3. The van der Waals surface area contributed by atoms with Crippen LogP contribution in [0.2, 0.25) is 0 Å². The summed E-state index contributed by atoms with van der Waals surface area (Å²) in [6, 6.07) is 13.3. The molecule has 0 fully saturated rings. The van der Waals surface area contributed by atoms with Crippen molar-refractivity contribution >= 4 is 40.1 Å². The van der Waals surface area contributed by atoms with E-state index in [-0.39, 0.29) is 0 Å². The van der Waals surface area contributed by atoms with Gasteiger partial charge in [0.05, 0.1) is 5.52 Å². The molecule has 1 heterocycles. The smallest absolute Gasteiger partial charge is 0.160 e. The van der Waals surface area contributed by atoms with Crippen LogP contribution in [-0.4, -0.2) is 21.8 Å². The maximum Gasteiger partial charge on any atom is 0.160 e. The van der Waals surface area contributed by atoms with Gasteiger partial charge in [-0.2, -0.15) is 0 Å². The molecule has 3 aromatic rings. The number of hydrogen-bond donors (Lipinski definition) is 4. The number of nitrogens with one attached hydrogen (secondary N) is 2. The fraction of sp³-hybridized carbons (Fsp3) is 0.133. The van der Waals surface area contributed by atoms with Crippen LogP contribution in [0.3, 0.4) is 0 Å². The van der Waals surface area contributed by atoms with Crippen LogP contribution < -0.4 is 16.8 Å². The maximum absolute atomic E-state index is 7.57. The first-order chi connectivity index (χ1) is 17.9. The van der Waals surface area contributed by atoms with Crippen molar-refractivity contribution in [3.05, 3.63) is 115 Å². The minimum Gasteiger partial charge on any atom is -0.405 e. The molecule has 0 bridgehead atoms. The Bertz CT molecular complexity index is 1410. The van der Waals surface area contributed by atoms with Crippen LogP contribution in [0.15, 0.2) is 114 Å². The van der Waals surface area contributed by atoms with Crippen LogP contribution in [-0.2, 0) is 0 Å². The van der Waals surface area contributed by atoms with E-state index in [1.807, 2.05) is 56.3 Å². The second kappa shape index (κ2) is 14.5. The third kappa shape index (κ3) is 7.56. The van der Waals surface area contributed by atoms with Gasteiger partial charge >= 0.3 is 0 Å². The van der Waals surface area contributed by atoms with Crippen LogP contribution >= 0.6 is 0 Å². The lowest BCUT2D eigenvalue weighted by Gasteiger charge is -2.07. The van der Waals surface area contributed by atoms with Crippen molar-refractivity contribution in [1.29, 1.82) is 5.41 Å². The summed E-state index contributed by atoms with van der Waals surface area (Å²) >= 11 is 0. The summed E-state index contributed by atoms with van der Waals surface area (Å²) in [5.74, 6) is 1.23. The fourth-order valence-electron chi connectivity index (χ4n) is 3.39. The molecule has 0 amide bonds. The molecule has 6 N–H and O–H groups in total. The molecule has 0 radical (unpaired) electrons. The van der Waals surface area contributed by atoms with Gasteiger partial charge in [-0.25, -0.2) is 9.67 Å². The number of rotatable bonds is 8. The van der Waals surface area contributed by atoms with E-state index in [9.17, 15) is 0 Å². The standard InChI is InChI=1S/C27H29N7.C3H6/c1-4-10-19(3)24(5-2)32-26(13-8-9-16-28)34-25-12-7-6-11-22(25)27(33-34)31-21-14-15-23(30)20(17-21)18-29;1-3-2/h6-18,29H,2,4,28,30H2,1,3H3,(H,31,33);3H,1H2,2H3/b13-8-,16-9+,19-10+,29-18?,32-26?;. The molecule has 0 saturated heterocycles. The zero-order valence-electron chi connectivity index (χ0n) is 21.7. The normalized spacial score (nSPS) is 11.8. The summed E-state index contributed by atoms with van der Waals surface area (Å²) in [5, 5.41) is 16.7. The van der Waals surface area contributed by atoms with E-state index in [4.69, 9.17) is 27.0 Å². The average Bonchev–Trinajstić information content (AvgIpc) is 3.26. The lowest BCUT2D eigenvalue weighted by Crippen LogP contribution is -2.12. The summed E-state index contributed by atoms with van der Waals surface area (Å²) in [5.41, 5.74) is 18.8. The van der Waals surface area contributed by atoms with E-state index in [2.05, 4.69) is 37.2 Å². The molecule has 7 heteroatoms. The third-order valence-electron chi connectivity index (χ3n) is 5.05. The minimum absolute atomic E-state index is 0.544. The van der Waals surface area contributed by atoms with Gasteiger partial charge in [-0.3, -0.25) is 0 Å². The number of benzene rings is 2. The Hall–Kier alpha value is -4.87. The topological polar surface area (TPSA) is 118 Å². The summed E-state index contributed by atoms with van der Waals surface area (Å²) < 4.78 is 1.77. The van der Waals surface area contributed by atoms with E-state index in [0.29, 0.717) is 28.6 Å². The monoisotopic (exact) mass is 493 g/mol. The Labute approximate surface area is 219 Å². The van der Waals surface area contributed by atoms with Gasteiger partial charge in [0.25, 0.3) is 0 Å². The Morgan fingerprint density at radius 1 is 1.24 bits per heavy atom. The van der Waals surface area contributed by atoms with Gasteiger partial charge in [-0.15, -0.1) is 17.4 Å². The van der Waals surface area contributed by atoms with Crippen LogP contribution in [0.1, 0.15) is 32.8 Å². The van der Waals surface area contributed by atoms with Crippen LogP contribution in [0.5, 0.6) is 0 Å². The van der Waals surface area contributed by atoms with E-state index in [1.54, 1.807) is 29.0 Å². The first-order valence-corrected chi connectivity index (χ1v) is 11.9. The van der Waals surface area contributed by atoms with Crippen molar-refractivity contribution in [3.63, 3.8) is 0 Å². The molecule has 37 heavy (non-hydrogen) atoms. The molecule has 7 nitrogen and oxygen atoms in total. The van der Waals surface area contributed by atoms with E-state index in [0.717, 1.165) is 28.6 Å². The first kappa shape index (κ1) is 28.4. The van der Waals surface area contributed by atoms with Gasteiger partial charge in [0.15, 0.2) is 11.7 Å². The van der Waals surface area contributed by atoms with Crippen LogP contribution in [0, 0.1) is 5.41 Å². The number of nitrogens with two attached hydrogens (primary N) is 2. The highest BCUT2D eigenvalue weighted by atomic mass is 15.3. The van der Waals surface area contributed by atoms with Gasteiger partial charge in [0.2, 0.25) is 0 Å². The number of allylic oxidation sites excluding steroid dienone is 6. The average molecular weight is 494 g/mol. The van der Waals surface area contributed by atoms with Gasteiger partial charge in [0.1, 0.15) is 5.70 Å². The van der Waals surface area contributed by atoms with Gasteiger partial charge in [0, 0.05) is 28.5 Å². The van der Waals surface area contributed by atoms with Crippen molar-refractivity contribution in [3.8, 4) is 0 Å².